The molecule has 5 aliphatic carbocycles. The van der Waals surface area contributed by atoms with Gasteiger partial charge in [-0.05, 0) is 97.5 Å². The van der Waals surface area contributed by atoms with Crippen molar-refractivity contribution in [2.24, 2.45) is 44.3 Å². The van der Waals surface area contributed by atoms with Crippen LogP contribution in [0.5, 0.6) is 0 Å². The minimum absolute atomic E-state index is 0.0490. The molecule has 9 atom stereocenters. The highest BCUT2D eigenvalue weighted by Crippen LogP contribution is 2.77. The summed E-state index contributed by atoms with van der Waals surface area (Å²) in [6.45, 7) is 16.0. The quantitative estimate of drug-likeness (QED) is 0.442. The number of carbonyl (C=O) groups excluding carboxylic acids is 2. The summed E-state index contributed by atoms with van der Waals surface area (Å²) in [5.41, 5.74) is -0.643. The monoisotopic (exact) mass is 468 g/mol. The standard InChI is InChI=1S/C30H44O4/c1-24(2)19-8-11-29(7)22(27(19,5)10-9-21(24)32)18(31)16-20-28(29,6)15-14-26(4)13-12-25(3)17-30(20,26)34-23(25)33/h16,19,21-22,32H,8-15,17H2,1-7H3/t19-,21+,22-,25-,26-,27+,28-,29-,30+/m1/s1. The van der Waals surface area contributed by atoms with Gasteiger partial charge in [0, 0.05) is 17.8 Å². The molecular weight excluding hydrogens is 424 g/mol. The summed E-state index contributed by atoms with van der Waals surface area (Å²) in [6.07, 6.45) is 10.1. The predicted octanol–water partition coefficient (Wildman–Crippen LogP) is 6.01. The summed E-state index contributed by atoms with van der Waals surface area (Å²) in [4.78, 5) is 27.5. The SMILES string of the molecule is CC1(C)[C@H]2CC[C@]3(C)[C@H](C(=O)C=C4[C@@]56C[C@@](C)(CC[C@]5(C)CC[C@]43C)C(=O)O6)[C@@]2(C)CC[C@@H]1O. The normalized spacial score (nSPS) is 57.5. The second-order valence-corrected chi connectivity index (χ2v) is 15.1. The minimum Gasteiger partial charge on any atom is -0.453 e. The largest absolute Gasteiger partial charge is 0.453 e. The molecule has 0 aromatic carbocycles. The van der Waals surface area contributed by atoms with E-state index in [1.807, 2.05) is 6.08 Å². The van der Waals surface area contributed by atoms with Crippen molar-refractivity contribution in [3.05, 3.63) is 11.6 Å². The highest BCUT2D eigenvalue weighted by atomic mass is 16.6. The van der Waals surface area contributed by atoms with Gasteiger partial charge in [0.1, 0.15) is 5.60 Å². The average Bonchev–Trinajstić information content (AvgIpc) is 2.97. The van der Waals surface area contributed by atoms with Crippen molar-refractivity contribution in [3.8, 4) is 0 Å². The second-order valence-electron chi connectivity index (χ2n) is 15.1. The van der Waals surface area contributed by atoms with E-state index in [1.54, 1.807) is 0 Å². The van der Waals surface area contributed by atoms with Gasteiger partial charge < -0.3 is 9.84 Å². The Morgan fingerprint density at radius 2 is 1.56 bits per heavy atom. The number of hydrogen-bond acceptors (Lipinski definition) is 4. The van der Waals surface area contributed by atoms with E-state index in [4.69, 9.17) is 4.74 Å². The van der Waals surface area contributed by atoms with Gasteiger partial charge in [-0.1, -0.05) is 41.5 Å². The average molecular weight is 469 g/mol. The first-order chi connectivity index (χ1) is 15.6. The fourth-order valence-electron chi connectivity index (χ4n) is 10.9. The van der Waals surface area contributed by atoms with E-state index in [0.717, 1.165) is 63.4 Å². The third-order valence-electron chi connectivity index (χ3n) is 13.4. The molecule has 0 amide bonds. The van der Waals surface area contributed by atoms with Crippen molar-refractivity contribution < 1.29 is 19.4 Å². The van der Waals surface area contributed by atoms with Crippen molar-refractivity contribution in [2.75, 3.05) is 0 Å². The Morgan fingerprint density at radius 1 is 0.882 bits per heavy atom. The number of carbonyl (C=O) groups is 2. The molecule has 1 saturated heterocycles. The molecule has 6 aliphatic rings. The van der Waals surface area contributed by atoms with E-state index < -0.39 is 11.0 Å². The fourth-order valence-corrected chi connectivity index (χ4v) is 10.9. The Labute approximate surface area is 205 Å². The molecule has 6 rings (SSSR count). The molecule has 1 aliphatic heterocycles. The number of fused-ring (bicyclic) bond motifs is 6. The lowest BCUT2D eigenvalue weighted by Crippen LogP contribution is -2.69. The number of aliphatic hydroxyl groups is 1. The van der Waals surface area contributed by atoms with E-state index in [2.05, 4.69) is 48.5 Å². The Morgan fingerprint density at radius 3 is 2.26 bits per heavy atom. The molecule has 2 bridgehead atoms. The molecule has 0 aromatic rings. The van der Waals surface area contributed by atoms with Crippen LogP contribution >= 0.6 is 0 Å². The van der Waals surface area contributed by atoms with Crippen LogP contribution in [0.25, 0.3) is 0 Å². The summed E-state index contributed by atoms with van der Waals surface area (Å²) in [5, 5.41) is 10.9. The lowest BCUT2D eigenvalue weighted by atomic mass is 9.33. The van der Waals surface area contributed by atoms with Gasteiger partial charge in [-0.3, -0.25) is 9.59 Å². The van der Waals surface area contributed by atoms with Crippen LogP contribution in [0, 0.1) is 44.3 Å². The van der Waals surface area contributed by atoms with Gasteiger partial charge in [-0.2, -0.15) is 0 Å². The molecule has 0 unspecified atom stereocenters. The van der Waals surface area contributed by atoms with Crippen LogP contribution in [0.15, 0.2) is 11.6 Å². The van der Waals surface area contributed by atoms with E-state index >= 15 is 0 Å². The first kappa shape index (κ1) is 23.3. The summed E-state index contributed by atoms with van der Waals surface area (Å²) >= 11 is 0. The molecule has 1 spiro atoms. The molecule has 4 saturated carbocycles. The van der Waals surface area contributed by atoms with Gasteiger partial charge in [0.25, 0.3) is 0 Å². The number of rotatable bonds is 0. The van der Waals surface area contributed by atoms with Crippen LogP contribution in [-0.4, -0.2) is 28.6 Å². The molecule has 5 fully saturated rings. The van der Waals surface area contributed by atoms with Crippen LogP contribution in [0.4, 0.5) is 0 Å². The third-order valence-corrected chi connectivity index (χ3v) is 13.4. The van der Waals surface area contributed by atoms with Crippen LogP contribution < -0.4 is 0 Å². The van der Waals surface area contributed by atoms with Gasteiger partial charge in [0.05, 0.1) is 11.5 Å². The zero-order valence-corrected chi connectivity index (χ0v) is 22.3. The van der Waals surface area contributed by atoms with Gasteiger partial charge in [-0.15, -0.1) is 0 Å². The highest BCUT2D eigenvalue weighted by molar-refractivity contribution is 5.96. The minimum atomic E-state index is -0.631. The number of hydrogen-bond donors (Lipinski definition) is 1. The predicted molar refractivity (Wildman–Crippen MR) is 131 cm³/mol. The van der Waals surface area contributed by atoms with E-state index in [1.165, 1.54) is 0 Å². The zero-order valence-electron chi connectivity index (χ0n) is 22.3. The van der Waals surface area contributed by atoms with Crippen LogP contribution in [0.1, 0.15) is 106 Å². The number of esters is 1. The molecule has 1 N–H and O–H groups in total. The first-order valence-electron chi connectivity index (χ1n) is 13.8. The Bertz CT molecular complexity index is 1030. The number of aliphatic hydroxyl groups excluding tert-OH is 1. The van der Waals surface area contributed by atoms with Crippen LogP contribution in [0.2, 0.25) is 0 Å². The molecule has 4 heteroatoms. The molecule has 34 heavy (non-hydrogen) atoms. The van der Waals surface area contributed by atoms with Crippen molar-refractivity contribution in [3.63, 3.8) is 0 Å². The van der Waals surface area contributed by atoms with E-state index in [9.17, 15) is 14.7 Å². The summed E-state index contributed by atoms with van der Waals surface area (Å²) in [7, 11) is 0. The number of allylic oxidation sites excluding steroid dienone is 1. The molecule has 4 nitrogen and oxygen atoms in total. The fraction of sp³-hybridized carbons (Fsp3) is 0.867. The van der Waals surface area contributed by atoms with E-state index in [-0.39, 0.29) is 50.8 Å². The van der Waals surface area contributed by atoms with Crippen molar-refractivity contribution in [1.82, 2.24) is 0 Å². The van der Waals surface area contributed by atoms with Gasteiger partial charge >= 0.3 is 5.97 Å². The zero-order chi connectivity index (χ0) is 24.7. The summed E-state index contributed by atoms with van der Waals surface area (Å²) < 4.78 is 6.48. The maximum Gasteiger partial charge on any atom is 0.312 e. The topological polar surface area (TPSA) is 63.6 Å². The third kappa shape index (κ3) is 2.28. The Kier molecular flexibility index (Phi) is 4.25. The maximum absolute atomic E-state index is 14.3. The Hall–Kier alpha value is -1.16. The lowest BCUT2D eigenvalue weighted by Gasteiger charge is -2.71. The molecule has 188 valence electrons. The number of ether oxygens (including phenoxy) is 1. The van der Waals surface area contributed by atoms with E-state index in [0.29, 0.717) is 5.92 Å². The molecule has 0 aromatic heterocycles. The molecule has 1 heterocycles. The smallest absolute Gasteiger partial charge is 0.312 e. The van der Waals surface area contributed by atoms with Crippen molar-refractivity contribution in [2.45, 2.75) is 118 Å². The second kappa shape index (κ2) is 6.21. The van der Waals surface area contributed by atoms with Gasteiger partial charge in [-0.25, -0.2) is 0 Å². The highest BCUT2D eigenvalue weighted by Gasteiger charge is 2.76. The summed E-state index contributed by atoms with van der Waals surface area (Å²) in [5.74, 6) is 0.480. The summed E-state index contributed by atoms with van der Waals surface area (Å²) in [6, 6.07) is 0. The number of ketones is 1. The van der Waals surface area contributed by atoms with Crippen molar-refractivity contribution >= 4 is 11.8 Å². The van der Waals surface area contributed by atoms with Crippen molar-refractivity contribution in [1.29, 1.82) is 0 Å². The van der Waals surface area contributed by atoms with Gasteiger partial charge in [0.15, 0.2) is 5.78 Å². The van der Waals surface area contributed by atoms with Crippen LogP contribution in [-0.2, 0) is 14.3 Å². The maximum atomic E-state index is 14.3. The van der Waals surface area contributed by atoms with Gasteiger partial charge in [0.2, 0.25) is 0 Å². The lowest BCUT2D eigenvalue weighted by molar-refractivity contribution is -0.212. The first-order valence-corrected chi connectivity index (χ1v) is 13.8. The Balaban J connectivity index is 1.53. The molecule has 0 radical (unpaired) electrons. The van der Waals surface area contributed by atoms with Crippen LogP contribution in [0.3, 0.4) is 0 Å². The molecular formula is C30H44O4.